The second-order valence-electron chi connectivity index (χ2n) is 5.36. The van der Waals surface area contributed by atoms with Crippen molar-refractivity contribution in [3.8, 4) is 12.3 Å². The Morgan fingerprint density at radius 3 is 2.80 bits per heavy atom. The van der Waals surface area contributed by atoms with Crippen LogP contribution < -0.4 is 5.32 Å². The first kappa shape index (κ1) is 12.7. The molecule has 4 heteroatoms. The van der Waals surface area contributed by atoms with Crippen LogP contribution in [0.2, 0.25) is 0 Å². The van der Waals surface area contributed by atoms with Crippen LogP contribution in [-0.2, 0) is 9.63 Å². The molecular weight excluding hydrogens is 252 g/mol. The monoisotopic (exact) mass is 268 g/mol. The van der Waals surface area contributed by atoms with Crippen LogP contribution in [0.15, 0.2) is 29.4 Å². The van der Waals surface area contributed by atoms with Crippen molar-refractivity contribution in [1.29, 1.82) is 0 Å². The van der Waals surface area contributed by atoms with Gasteiger partial charge in [0.05, 0.1) is 0 Å². The average Bonchev–Trinajstić information content (AvgIpc) is 3.17. The van der Waals surface area contributed by atoms with E-state index < -0.39 is 0 Å². The van der Waals surface area contributed by atoms with E-state index in [0.29, 0.717) is 18.2 Å². The summed E-state index contributed by atoms with van der Waals surface area (Å²) in [6.45, 7) is 1.93. The average molecular weight is 268 g/mol. The number of terminal acetylenes is 1. The van der Waals surface area contributed by atoms with Crippen molar-refractivity contribution in [2.45, 2.75) is 31.8 Å². The summed E-state index contributed by atoms with van der Waals surface area (Å²) in [7, 11) is 0. The van der Waals surface area contributed by atoms with Crippen molar-refractivity contribution in [2.24, 2.45) is 11.1 Å². The summed E-state index contributed by atoms with van der Waals surface area (Å²) in [5, 5.41) is 6.70. The molecule has 0 spiro atoms. The van der Waals surface area contributed by atoms with Crippen molar-refractivity contribution < 1.29 is 9.63 Å². The number of amides is 1. The quantitative estimate of drug-likeness (QED) is 0.834. The van der Waals surface area contributed by atoms with Crippen LogP contribution in [-0.4, -0.2) is 17.8 Å². The summed E-state index contributed by atoms with van der Waals surface area (Å²) in [5.41, 5.74) is 2.03. The lowest BCUT2D eigenvalue weighted by Gasteiger charge is -2.03. The predicted octanol–water partition coefficient (Wildman–Crippen LogP) is 2.01. The van der Waals surface area contributed by atoms with E-state index in [4.69, 9.17) is 11.3 Å². The zero-order valence-electron chi connectivity index (χ0n) is 11.3. The number of amidine groups is 1. The summed E-state index contributed by atoms with van der Waals surface area (Å²) in [6.07, 6.45) is 6.93. The molecule has 0 saturated heterocycles. The SMILES string of the molecule is C#Cc1ccc(C2CC2C(=O)NC2=NOC(C)C2)cc1. The first-order chi connectivity index (χ1) is 9.67. The maximum absolute atomic E-state index is 12.1. The number of carbonyl (C=O) groups is 1. The third-order valence-electron chi connectivity index (χ3n) is 3.72. The molecular formula is C16H16N2O2. The molecule has 3 rings (SSSR count). The fourth-order valence-electron chi connectivity index (χ4n) is 2.49. The number of rotatable bonds is 2. The number of hydrogen-bond acceptors (Lipinski definition) is 3. The van der Waals surface area contributed by atoms with Crippen molar-refractivity contribution in [3.63, 3.8) is 0 Å². The van der Waals surface area contributed by atoms with Gasteiger partial charge in [-0.05, 0) is 37.0 Å². The molecule has 1 amide bonds. The van der Waals surface area contributed by atoms with Gasteiger partial charge in [-0.1, -0.05) is 23.2 Å². The molecule has 0 bridgehead atoms. The number of nitrogens with zero attached hydrogens (tertiary/aromatic N) is 1. The van der Waals surface area contributed by atoms with Gasteiger partial charge in [-0.15, -0.1) is 6.42 Å². The standard InChI is InChI=1S/C16H16N2O2/c1-3-11-4-6-12(7-5-11)13-9-14(13)16(19)17-15-8-10(2)20-18-15/h1,4-7,10,13-14H,8-9H2,2H3,(H,17,18,19). The molecule has 3 unspecified atom stereocenters. The van der Waals surface area contributed by atoms with Gasteiger partial charge >= 0.3 is 0 Å². The van der Waals surface area contributed by atoms with Gasteiger partial charge in [-0.3, -0.25) is 4.79 Å². The second-order valence-corrected chi connectivity index (χ2v) is 5.36. The van der Waals surface area contributed by atoms with Crippen LogP contribution in [0.25, 0.3) is 0 Å². The zero-order chi connectivity index (χ0) is 14.1. The highest BCUT2D eigenvalue weighted by Crippen LogP contribution is 2.47. The van der Waals surface area contributed by atoms with Gasteiger partial charge < -0.3 is 10.2 Å². The summed E-state index contributed by atoms with van der Waals surface area (Å²) in [5.74, 6) is 3.59. The van der Waals surface area contributed by atoms with E-state index in [1.165, 1.54) is 5.56 Å². The molecule has 2 aliphatic rings. The molecule has 4 nitrogen and oxygen atoms in total. The van der Waals surface area contributed by atoms with Crippen LogP contribution in [0, 0.1) is 18.3 Å². The maximum atomic E-state index is 12.1. The molecule has 3 atom stereocenters. The van der Waals surface area contributed by atoms with Crippen molar-refractivity contribution >= 4 is 11.7 Å². The van der Waals surface area contributed by atoms with Crippen LogP contribution in [0.4, 0.5) is 0 Å². The van der Waals surface area contributed by atoms with Gasteiger partial charge in [0.25, 0.3) is 0 Å². The van der Waals surface area contributed by atoms with E-state index in [1.807, 2.05) is 31.2 Å². The van der Waals surface area contributed by atoms with Crippen LogP contribution >= 0.6 is 0 Å². The molecule has 102 valence electrons. The van der Waals surface area contributed by atoms with Gasteiger partial charge in [0.2, 0.25) is 5.91 Å². The summed E-state index contributed by atoms with van der Waals surface area (Å²) >= 11 is 0. The van der Waals surface area contributed by atoms with Gasteiger partial charge in [-0.2, -0.15) is 0 Å². The van der Waals surface area contributed by atoms with E-state index in [-0.39, 0.29) is 17.9 Å². The Bertz CT molecular complexity index is 598. The highest BCUT2D eigenvalue weighted by atomic mass is 16.6. The molecule has 0 aromatic heterocycles. The fourth-order valence-corrected chi connectivity index (χ4v) is 2.49. The summed E-state index contributed by atoms with van der Waals surface area (Å²) in [4.78, 5) is 17.2. The van der Waals surface area contributed by atoms with Crippen LogP contribution in [0.1, 0.15) is 36.8 Å². The second kappa shape index (κ2) is 5.01. The highest BCUT2D eigenvalue weighted by molar-refractivity contribution is 6.00. The molecule has 1 aliphatic heterocycles. The summed E-state index contributed by atoms with van der Waals surface area (Å²) in [6, 6.07) is 7.84. The molecule has 1 aliphatic carbocycles. The third kappa shape index (κ3) is 2.53. The first-order valence-corrected chi connectivity index (χ1v) is 6.77. The number of benzene rings is 1. The van der Waals surface area contributed by atoms with Gasteiger partial charge in [0, 0.05) is 17.9 Å². The lowest BCUT2D eigenvalue weighted by Crippen LogP contribution is -2.31. The Labute approximate surface area is 118 Å². The minimum Gasteiger partial charge on any atom is -0.391 e. The Hall–Kier alpha value is -2.28. The van der Waals surface area contributed by atoms with E-state index in [2.05, 4.69) is 16.4 Å². The van der Waals surface area contributed by atoms with E-state index in [0.717, 1.165) is 12.0 Å². The fraction of sp³-hybridized carbons (Fsp3) is 0.375. The van der Waals surface area contributed by atoms with E-state index in [1.54, 1.807) is 0 Å². The van der Waals surface area contributed by atoms with Gasteiger partial charge in [0.1, 0.15) is 6.10 Å². The Balaban J connectivity index is 1.58. The van der Waals surface area contributed by atoms with E-state index in [9.17, 15) is 4.79 Å². The third-order valence-corrected chi connectivity index (χ3v) is 3.72. The van der Waals surface area contributed by atoms with E-state index >= 15 is 0 Å². The lowest BCUT2D eigenvalue weighted by atomic mass is 10.1. The predicted molar refractivity (Wildman–Crippen MR) is 76.0 cm³/mol. The number of oxime groups is 1. The van der Waals surface area contributed by atoms with Gasteiger partial charge in [-0.25, -0.2) is 0 Å². The number of nitrogens with one attached hydrogen (secondary N) is 1. The Morgan fingerprint density at radius 1 is 1.45 bits per heavy atom. The first-order valence-electron chi connectivity index (χ1n) is 6.77. The topological polar surface area (TPSA) is 50.7 Å². The zero-order valence-corrected chi connectivity index (χ0v) is 11.3. The molecule has 0 radical (unpaired) electrons. The van der Waals surface area contributed by atoms with Crippen molar-refractivity contribution in [1.82, 2.24) is 5.32 Å². The smallest absolute Gasteiger partial charge is 0.229 e. The molecule has 1 aromatic carbocycles. The minimum absolute atomic E-state index is 0.0327. The Morgan fingerprint density at radius 2 is 2.20 bits per heavy atom. The van der Waals surface area contributed by atoms with Crippen LogP contribution in [0.3, 0.4) is 0 Å². The minimum atomic E-state index is 0.0327. The number of carbonyl (C=O) groups excluding carboxylic acids is 1. The molecule has 1 heterocycles. The van der Waals surface area contributed by atoms with Gasteiger partial charge in [0.15, 0.2) is 5.84 Å². The van der Waals surface area contributed by atoms with Crippen LogP contribution in [0.5, 0.6) is 0 Å². The molecule has 20 heavy (non-hydrogen) atoms. The summed E-state index contributed by atoms with van der Waals surface area (Å²) < 4.78 is 0. The molecule has 1 aromatic rings. The normalized spacial score (nSPS) is 27.2. The lowest BCUT2D eigenvalue weighted by molar-refractivity contribution is -0.121. The maximum Gasteiger partial charge on any atom is 0.229 e. The molecule has 1 N–H and O–H groups in total. The molecule has 1 saturated carbocycles. The largest absolute Gasteiger partial charge is 0.391 e. The number of hydrogen-bond donors (Lipinski definition) is 1. The van der Waals surface area contributed by atoms with Crippen molar-refractivity contribution in [3.05, 3.63) is 35.4 Å². The van der Waals surface area contributed by atoms with Crippen molar-refractivity contribution in [2.75, 3.05) is 0 Å². The molecule has 1 fully saturated rings. The highest BCUT2D eigenvalue weighted by Gasteiger charge is 2.44. The Kier molecular flexibility index (Phi) is 3.19.